The number of benzene rings is 1. The molecule has 1 saturated heterocycles. The highest BCUT2D eigenvalue weighted by Crippen LogP contribution is 2.12. The molecule has 7 heteroatoms. The number of nitrogens with zero attached hydrogens (tertiary/aromatic N) is 3. The molecule has 2 N–H and O–H groups in total. The topological polar surface area (TPSA) is 75.7 Å². The van der Waals surface area contributed by atoms with Gasteiger partial charge in [0, 0.05) is 5.69 Å². The van der Waals surface area contributed by atoms with E-state index in [1.807, 2.05) is 6.07 Å². The normalized spacial score (nSPS) is 15.8. The van der Waals surface area contributed by atoms with Gasteiger partial charge in [-0.25, -0.2) is 4.63 Å². The van der Waals surface area contributed by atoms with Gasteiger partial charge >= 0.3 is 0 Å². The number of piperazine rings is 1. The van der Waals surface area contributed by atoms with Crippen molar-refractivity contribution in [2.45, 2.75) is 6.92 Å². The van der Waals surface area contributed by atoms with E-state index in [1.165, 1.54) is 10.6 Å². The van der Waals surface area contributed by atoms with E-state index in [1.54, 1.807) is 6.92 Å². The molecule has 0 radical (unpaired) electrons. The monoisotopic (exact) mass is 302 g/mol. The summed E-state index contributed by atoms with van der Waals surface area (Å²) in [6.07, 6.45) is 0. The van der Waals surface area contributed by atoms with E-state index in [9.17, 15) is 4.79 Å². The van der Waals surface area contributed by atoms with Crippen molar-refractivity contribution in [3.05, 3.63) is 36.0 Å². The fraction of sp³-hybridized carbons (Fsp3) is 0.400. The number of aryl methyl sites for hydroxylation is 1. The second-order valence-electron chi connectivity index (χ2n) is 5.50. The van der Waals surface area contributed by atoms with Gasteiger partial charge in [0.1, 0.15) is 5.69 Å². The van der Waals surface area contributed by atoms with Crippen molar-refractivity contribution < 1.29 is 14.3 Å². The predicted octanol–water partition coefficient (Wildman–Crippen LogP) is -0.278. The lowest BCUT2D eigenvalue weighted by Crippen LogP contribution is -3.15. The molecule has 1 aromatic carbocycles. The van der Waals surface area contributed by atoms with Crippen LogP contribution in [0.3, 0.4) is 0 Å². The van der Waals surface area contributed by atoms with Crippen LogP contribution in [0.5, 0.6) is 0 Å². The molecule has 0 aliphatic carbocycles. The molecular formula is C15H20N5O2+. The summed E-state index contributed by atoms with van der Waals surface area (Å²) in [4.78, 5) is 15.7. The van der Waals surface area contributed by atoms with E-state index in [2.05, 4.69) is 49.4 Å². The summed E-state index contributed by atoms with van der Waals surface area (Å²) >= 11 is 0. The zero-order valence-electron chi connectivity index (χ0n) is 12.6. The standard InChI is InChI=1S/C15H19N5O2/c1-12-15(18-22-17-12)16-14(21)11-19-7-9-20(10-8-19)13-5-3-2-4-6-13/h2-6H,7-11H2,1H3,(H,16,18,21)/p+1. The summed E-state index contributed by atoms with van der Waals surface area (Å²) in [6, 6.07) is 10.4. The lowest BCUT2D eigenvalue weighted by atomic mass is 10.2. The van der Waals surface area contributed by atoms with Gasteiger partial charge in [-0.3, -0.25) is 4.79 Å². The first-order chi connectivity index (χ1) is 10.7. The maximum Gasteiger partial charge on any atom is 0.280 e. The lowest BCUT2D eigenvalue weighted by Gasteiger charge is -2.33. The first-order valence-corrected chi connectivity index (χ1v) is 7.45. The molecule has 1 aromatic heterocycles. The number of nitrogens with one attached hydrogen (secondary N) is 2. The maximum atomic E-state index is 12.0. The van der Waals surface area contributed by atoms with Crippen LogP contribution in [0.15, 0.2) is 35.0 Å². The molecule has 2 heterocycles. The summed E-state index contributed by atoms with van der Waals surface area (Å²) in [5.41, 5.74) is 1.84. The number of carbonyl (C=O) groups excluding carboxylic acids is 1. The number of hydrogen-bond acceptors (Lipinski definition) is 5. The molecule has 1 aliphatic rings. The number of amides is 1. The zero-order chi connectivity index (χ0) is 15.4. The SMILES string of the molecule is Cc1nonc1NC(=O)C[NH+]1CCN(c2ccccc2)CC1. The van der Waals surface area contributed by atoms with Gasteiger partial charge < -0.3 is 15.1 Å². The third-order valence-electron chi connectivity index (χ3n) is 3.91. The quantitative estimate of drug-likeness (QED) is 0.812. The Morgan fingerprint density at radius 3 is 2.64 bits per heavy atom. The van der Waals surface area contributed by atoms with Crippen LogP contribution in [0.25, 0.3) is 0 Å². The molecule has 0 bridgehead atoms. The Bertz CT molecular complexity index is 620. The second kappa shape index (κ2) is 6.57. The molecule has 7 nitrogen and oxygen atoms in total. The number of aromatic nitrogens is 2. The smallest absolute Gasteiger partial charge is 0.280 e. The van der Waals surface area contributed by atoms with Crippen LogP contribution in [0, 0.1) is 6.92 Å². The third kappa shape index (κ3) is 3.43. The van der Waals surface area contributed by atoms with Gasteiger partial charge in [-0.1, -0.05) is 23.4 Å². The average Bonchev–Trinajstić information content (AvgIpc) is 2.94. The van der Waals surface area contributed by atoms with Gasteiger partial charge in [-0.05, 0) is 24.2 Å². The molecule has 3 rings (SSSR count). The Morgan fingerprint density at radius 1 is 1.27 bits per heavy atom. The second-order valence-corrected chi connectivity index (χ2v) is 5.50. The minimum absolute atomic E-state index is 0.0537. The molecule has 1 amide bonds. The van der Waals surface area contributed by atoms with E-state index in [4.69, 9.17) is 0 Å². The van der Waals surface area contributed by atoms with Crippen molar-refractivity contribution in [1.82, 2.24) is 10.3 Å². The van der Waals surface area contributed by atoms with Crippen LogP contribution >= 0.6 is 0 Å². The van der Waals surface area contributed by atoms with Gasteiger partial charge in [0.25, 0.3) is 5.91 Å². The maximum absolute atomic E-state index is 12.0. The van der Waals surface area contributed by atoms with E-state index < -0.39 is 0 Å². The first-order valence-electron chi connectivity index (χ1n) is 7.45. The molecule has 0 atom stereocenters. The van der Waals surface area contributed by atoms with E-state index >= 15 is 0 Å². The molecule has 0 saturated carbocycles. The average molecular weight is 302 g/mol. The highest BCUT2D eigenvalue weighted by atomic mass is 16.6. The molecular weight excluding hydrogens is 282 g/mol. The van der Waals surface area contributed by atoms with Crippen molar-refractivity contribution in [2.24, 2.45) is 0 Å². The van der Waals surface area contributed by atoms with Crippen LogP contribution in [-0.2, 0) is 4.79 Å². The van der Waals surface area contributed by atoms with Crippen LogP contribution in [-0.4, -0.2) is 48.9 Å². The van der Waals surface area contributed by atoms with Gasteiger partial charge in [0.05, 0.1) is 26.2 Å². The molecule has 22 heavy (non-hydrogen) atoms. The third-order valence-corrected chi connectivity index (χ3v) is 3.91. The Morgan fingerprint density at radius 2 is 2.00 bits per heavy atom. The number of rotatable bonds is 4. The largest absolute Gasteiger partial charge is 0.360 e. The Balaban J connectivity index is 1.48. The Labute approximate surface area is 128 Å². The van der Waals surface area contributed by atoms with Gasteiger partial charge in [-0.2, -0.15) is 0 Å². The Kier molecular flexibility index (Phi) is 4.34. The number of carbonyl (C=O) groups is 1. The van der Waals surface area contributed by atoms with Gasteiger partial charge in [-0.15, -0.1) is 0 Å². The molecule has 0 spiro atoms. The van der Waals surface area contributed by atoms with Crippen molar-refractivity contribution in [3.8, 4) is 0 Å². The van der Waals surface area contributed by atoms with Crippen LogP contribution in [0.4, 0.5) is 11.5 Å². The van der Waals surface area contributed by atoms with Gasteiger partial charge in [0.2, 0.25) is 5.82 Å². The van der Waals surface area contributed by atoms with Crippen molar-refractivity contribution in [3.63, 3.8) is 0 Å². The summed E-state index contributed by atoms with van der Waals surface area (Å²) in [6.45, 7) is 5.98. The molecule has 0 unspecified atom stereocenters. The molecule has 116 valence electrons. The summed E-state index contributed by atoms with van der Waals surface area (Å²) in [7, 11) is 0. The fourth-order valence-corrected chi connectivity index (χ4v) is 2.65. The number of quaternary nitrogens is 1. The van der Waals surface area contributed by atoms with Crippen LogP contribution in [0.1, 0.15) is 5.69 Å². The van der Waals surface area contributed by atoms with Crippen LogP contribution < -0.4 is 15.1 Å². The highest BCUT2D eigenvalue weighted by Gasteiger charge is 2.23. The van der Waals surface area contributed by atoms with Gasteiger partial charge in [0.15, 0.2) is 6.54 Å². The summed E-state index contributed by atoms with van der Waals surface area (Å²) in [5.74, 6) is 0.356. The summed E-state index contributed by atoms with van der Waals surface area (Å²) < 4.78 is 4.57. The Hall–Kier alpha value is -2.41. The van der Waals surface area contributed by atoms with Crippen molar-refractivity contribution in [1.29, 1.82) is 0 Å². The van der Waals surface area contributed by atoms with E-state index in [0.717, 1.165) is 26.2 Å². The number of para-hydroxylation sites is 1. The van der Waals surface area contributed by atoms with Crippen molar-refractivity contribution in [2.75, 3.05) is 42.9 Å². The predicted molar refractivity (Wildman–Crippen MR) is 81.9 cm³/mol. The molecule has 1 aliphatic heterocycles. The molecule has 1 fully saturated rings. The van der Waals surface area contributed by atoms with E-state index in [0.29, 0.717) is 18.1 Å². The first kappa shape index (κ1) is 14.5. The fourth-order valence-electron chi connectivity index (χ4n) is 2.65. The van der Waals surface area contributed by atoms with E-state index in [-0.39, 0.29) is 5.91 Å². The minimum atomic E-state index is -0.0537. The van der Waals surface area contributed by atoms with Crippen LogP contribution in [0.2, 0.25) is 0 Å². The number of anilines is 2. The van der Waals surface area contributed by atoms with Crippen molar-refractivity contribution >= 4 is 17.4 Å². The molecule has 2 aromatic rings. The zero-order valence-corrected chi connectivity index (χ0v) is 12.6. The number of hydrogen-bond donors (Lipinski definition) is 2. The minimum Gasteiger partial charge on any atom is -0.360 e. The lowest BCUT2D eigenvalue weighted by molar-refractivity contribution is -0.892. The highest BCUT2D eigenvalue weighted by molar-refractivity contribution is 5.90. The summed E-state index contributed by atoms with van der Waals surface area (Å²) in [5, 5.41) is 10.1.